The van der Waals surface area contributed by atoms with Crippen LogP contribution in [0.15, 0.2) is 18.3 Å². The maximum Gasteiger partial charge on any atom is 0.354 e. The van der Waals surface area contributed by atoms with Crippen LogP contribution in [0.5, 0.6) is 0 Å². The van der Waals surface area contributed by atoms with Gasteiger partial charge in [0.25, 0.3) is 0 Å². The molecule has 0 fully saturated rings. The first kappa shape index (κ1) is 14.2. The van der Waals surface area contributed by atoms with E-state index in [1.165, 1.54) is 18.3 Å². The van der Waals surface area contributed by atoms with Crippen LogP contribution in [0, 0.1) is 0 Å². The second kappa shape index (κ2) is 7.47. The number of nitrogens with one attached hydrogen (secondary N) is 2. The second-order valence-electron chi connectivity index (χ2n) is 2.49. The van der Waals surface area contributed by atoms with Crippen LogP contribution in [0.3, 0.4) is 0 Å². The molecule has 1 aromatic rings. The van der Waals surface area contributed by atoms with Crippen molar-refractivity contribution in [2.24, 2.45) is 0 Å². The molecule has 0 saturated carbocycles. The summed E-state index contributed by atoms with van der Waals surface area (Å²) in [6.07, 6.45) is 1.35. The van der Waals surface area contributed by atoms with Crippen molar-refractivity contribution in [3.63, 3.8) is 0 Å². The number of carbonyl (C=O) groups is 2. The summed E-state index contributed by atoms with van der Waals surface area (Å²) >= 11 is 5.49. The fourth-order valence-electron chi connectivity index (χ4n) is 0.647. The molecule has 0 atom stereocenters. The lowest BCUT2D eigenvalue weighted by molar-refractivity contribution is 0.0690. The summed E-state index contributed by atoms with van der Waals surface area (Å²) in [7, 11) is 3.14. The monoisotopic (exact) mass is 245 g/mol. The van der Waals surface area contributed by atoms with Crippen molar-refractivity contribution in [2.45, 2.75) is 0 Å². The van der Waals surface area contributed by atoms with Gasteiger partial charge in [-0.2, -0.15) is 0 Å². The van der Waals surface area contributed by atoms with E-state index in [1.54, 1.807) is 14.1 Å². The van der Waals surface area contributed by atoms with Gasteiger partial charge in [-0.25, -0.2) is 14.6 Å². The normalized spacial score (nSPS) is 8.44. The first-order valence-corrected chi connectivity index (χ1v) is 4.63. The second-order valence-corrected chi connectivity index (χ2v) is 2.93. The molecule has 0 aromatic carbocycles. The van der Waals surface area contributed by atoms with Crippen molar-refractivity contribution in [1.82, 2.24) is 15.6 Å². The zero-order valence-electron chi connectivity index (χ0n) is 8.82. The minimum atomic E-state index is -1.07. The van der Waals surface area contributed by atoms with Gasteiger partial charge in [-0.1, -0.05) is 11.6 Å². The molecule has 0 bridgehead atoms. The van der Waals surface area contributed by atoms with E-state index >= 15 is 0 Å². The molecule has 1 rings (SSSR count). The van der Waals surface area contributed by atoms with Crippen molar-refractivity contribution in [3.05, 3.63) is 29.0 Å². The highest BCUT2D eigenvalue weighted by Gasteiger charge is 2.02. The molecule has 1 heterocycles. The largest absolute Gasteiger partial charge is 0.477 e. The topological polar surface area (TPSA) is 91.3 Å². The molecule has 16 heavy (non-hydrogen) atoms. The van der Waals surface area contributed by atoms with Crippen molar-refractivity contribution in [1.29, 1.82) is 0 Å². The average molecular weight is 246 g/mol. The molecule has 0 aliphatic carbocycles. The van der Waals surface area contributed by atoms with Crippen molar-refractivity contribution >= 4 is 23.6 Å². The lowest BCUT2D eigenvalue weighted by Gasteiger charge is -1.91. The minimum absolute atomic E-state index is 0.0347. The van der Waals surface area contributed by atoms with Gasteiger partial charge in [0.1, 0.15) is 5.69 Å². The Balaban J connectivity index is 0.000000325. The van der Waals surface area contributed by atoms with Gasteiger partial charge in [0.05, 0.1) is 0 Å². The highest BCUT2D eigenvalue weighted by Crippen LogP contribution is 2.07. The number of rotatable bonds is 1. The standard InChI is InChI=1S/C6H4ClNO2.C3H8N2O/c7-4-1-2-8-5(3-4)6(9)10;1-4-3(6)5-2/h1-3H,(H,9,10);1-2H3,(H2,4,5,6). The molecule has 0 aliphatic rings. The number of hydrogen-bond acceptors (Lipinski definition) is 3. The van der Waals surface area contributed by atoms with E-state index in [4.69, 9.17) is 16.7 Å². The Kier molecular flexibility index (Phi) is 6.62. The van der Waals surface area contributed by atoms with Gasteiger partial charge in [0.2, 0.25) is 0 Å². The molecule has 0 spiro atoms. The van der Waals surface area contributed by atoms with Gasteiger partial charge in [-0.05, 0) is 12.1 Å². The number of aromatic carboxylic acids is 1. The third-order valence-corrected chi connectivity index (χ3v) is 1.63. The molecule has 6 nitrogen and oxygen atoms in total. The van der Waals surface area contributed by atoms with Crippen LogP contribution in [0.25, 0.3) is 0 Å². The van der Waals surface area contributed by atoms with Crippen LogP contribution in [0.2, 0.25) is 5.02 Å². The Morgan fingerprint density at radius 2 is 1.94 bits per heavy atom. The molecular weight excluding hydrogens is 234 g/mol. The molecule has 2 amide bonds. The molecule has 3 N–H and O–H groups in total. The smallest absolute Gasteiger partial charge is 0.354 e. The van der Waals surface area contributed by atoms with Gasteiger partial charge in [0, 0.05) is 25.3 Å². The van der Waals surface area contributed by atoms with E-state index in [0.29, 0.717) is 5.02 Å². The number of urea groups is 1. The Bertz CT molecular complexity index is 365. The highest BCUT2D eigenvalue weighted by atomic mass is 35.5. The number of pyridine rings is 1. The van der Waals surface area contributed by atoms with Crippen LogP contribution in [0.1, 0.15) is 10.5 Å². The number of hydrogen-bond donors (Lipinski definition) is 3. The molecule has 1 aromatic heterocycles. The van der Waals surface area contributed by atoms with Gasteiger partial charge in [-0.15, -0.1) is 0 Å². The number of carbonyl (C=O) groups excluding carboxylic acids is 1. The van der Waals surface area contributed by atoms with Crippen LogP contribution in [-0.2, 0) is 0 Å². The molecular formula is C9H12ClN3O3. The Labute approximate surface area is 97.6 Å². The predicted octanol–water partition coefficient (Wildman–Crippen LogP) is 0.978. The number of nitrogens with zero attached hydrogens (tertiary/aromatic N) is 1. The Morgan fingerprint density at radius 1 is 1.38 bits per heavy atom. The van der Waals surface area contributed by atoms with E-state index in [0.717, 1.165) is 0 Å². The van der Waals surface area contributed by atoms with Crippen LogP contribution in [0.4, 0.5) is 4.79 Å². The molecule has 0 radical (unpaired) electrons. The summed E-state index contributed by atoms with van der Waals surface area (Å²) in [5.41, 5.74) is -0.0347. The average Bonchev–Trinajstić information content (AvgIpc) is 2.28. The number of carboxylic acids is 1. The van der Waals surface area contributed by atoms with Crippen LogP contribution in [-0.4, -0.2) is 36.2 Å². The number of aromatic nitrogens is 1. The van der Waals surface area contributed by atoms with E-state index in [2.05, 4.69) is 15.6 Å². The van der Waals surface area contributed by atoms with Gasteiger partial charge in [0.15, 0.2) is 0 Å². The summed E-state index contributed by atoms with van der Waals surface area (Å²) in [5.74, 6) is -1.07. The van der Waals surface area contributed by atoms with E-state index < -0.39 is 5.97 Å². The summed E-state index contributed by atoms with van der Waals surface area (Å²) in [6, 6.07) is 2.66. The van der Waals surface area contributed by atoms with Crippen molar-refractivity contribution < 1.29 is 14.7 Å². The van der Waals surface area contributed by atoms with E-state index in [1.807, 2.05) is 0 Å². The first-order chi connectivity index (χ1) is 7.51. The minimum Gasteiger partial charge on any atom is -0.477 e. The van der Waals surface area contributed by atoms with Gasteiger partial charge in [-0.3, -0.25) is 0 Å². The van der Waals surface area contributed by atoms with Crippen LogP contribution >= 0.6 is 11.6 Å². The predicted molar refractivity (Wildman–Crippen MR) is 59.7 cm³/mol. The van der Waals surface area contributed by atoms with Crippen LogP contribution < -0.4 is 10.6 Å². The maximum absolute atomic E-state index is 10.2. The molecule has 7 heteroatoms. The summed E-state index contributed by atoms with van der Waals surface area (Å²) in [5, 5.41) is 13.5. The van der Waals surface area contributed by atoms with Crippen molar-refractivity contribution in [3.8, 4) is 0 Å². The summed E-state index contributed by atoms with van der Waals surface area (Å²) in [4.78, 5) is 23.7. The van der Waals surface area contributed by atoms with Gasteiger partial charge < -0.3 is 15.7 Å². The summed E-state index contributed by atoms with van der Waals surface area (Å²) in [6.45, 7) is 0. The van der Waals surface area contributed by atoms with E-state index in [-0.39, 0.29) is 11.7 Å². The third kappa shape index (κ3) is 5.82. The lowest BCUT2D eigenvalue weighted by atomic mass is 10.4. The lowest BCUT2D eigenvalue weighted by Crippen LogP contribution is -2.28. The number of carboxylic acid groups (broad SMARTS) is 1. The zero-order chi connectivity index (χ0) is 12.6. The molecule has 88 valence electrons. The fraction of sp³-hybridized carbons (Fsp3) is 0.222. The van der Waals surface area contributed by atoms with Gasteiger partial charge >= 0.3 is 12.0 Å². The van der Waals surface area contributed by atoms with Crippen molar-refractivity contribution in [2.75, 3.05) is 14.1 Å². The third-order valence-electron chi connectivity index (χ3n) is 1.40. The number of halogens is 1. The Hall–Kier alpha value is -1.82. The fourth-order valence-corrected chi connectivity index (χ4v) is 0.806. The highest BCUT2D eigenvalue weighted by molar-refractivity contribution is 6.30. The zero-order valence-corrected chi connectivity index (χ0v) is 9.58. The first-order valence-electron chi connectivity index (χ1n) is 4.25. The SMILES string of the molecule is CNC(=O)NC.O=C(O)c1cc(Cl)ccn1. The maximum atomic E-state index is 10.2. The molecule has 0 saturated heterocycles. The Morgan fingerprint density at radius 3 is 2.19 bits per heavy atom. The summed E-state index contributed by atoms with van der Waals surface area (Å²) < 4.78 is 0. The quantitative estimate of drug-likeness (QED) is 0.688. The molecule has 0 unspecified atom stereocenters. The van der Waals surface area contributed by atoms with E-state index in [9.17, 15) is 9.59 Å². The molecule has 0 aliphatic heterocycles. The number of amides is 2.